The first-order chi connectivity index (χ1) is 13.2. The molecule has 2 saturated carbocycles. The van der Waals surface area contributed by atoms with Gasteiger partial charge in [0.2, 0.25) is 0 Å². The van der Waals surface area contributed by atoms with Crippen LogP contribution in [0.5, 0.6) is 0 Å². The molecule has 3 aliphatic rings. The Balaban J connectivity index is 1.47. The maximum atomic E-state index is 12.6. The molecule has 5 nitrogen and oxygen atoms in total. The van der Waals surface area contributed by atoms with Gasteiger partial charge in [-0.05, 0) is 57.8 Å². The van der Waals surface area contributed by atoms with Crippen molar-refractivity contribution in [1.82, 2.24) is 15.1 Å². The van der Waals surface area contributed by atoms with Crippen LogP contribution in [0.4, 0.5) is 4.79 Å². The molecule has 3 fully saturated rings. The van der Waals surface area contributed by atoms with Crippen molar-refractivity contribution in [3.63, 3.8) is 0 Å². The normalized spacial score (nSPS) is 28.8. The van der Waals surface area contributed by atoms with Crippen molar-refractivity contribution < 1.29 is 9.53 Å². The minimum atomic E-state index is 0.147. The van der Waals surface area contributed by atoms with E-state index in [0.717, 1.165) is 45.0 Å². The molecule has 5 heteroatoms. The highest BCUT2D eigenvalue weighted by Crippen LogP contribution is 2.31. The van der Waals surface area contributed by atoms with Crippen molar-refractivity contribution in [2.24, 2.45) is 0 Å². The van der Waals surface area contributed by atoms with Crippen molar-refractivity contribution in [3.05, 3.63) is 0 Å². The van der Waals surface area contributed by atoms with E-state index in [1.165, 1.54) is 57.8 Å². The summed E-state index contributed by atoms with van der Waals surface area (Å²) >= 11 is 0. The number of rotatable bonds is 6. The number of hydrogen-bond donors (Lipinski definition) is 1. The lowest BCUT2D eigenvalue weighted by atomic mass is 9.88. The van der Waals surface area contributed by atoms with Crippen LogP contribution in [0.1, 0.15) is 84.0 Å². The Hall–Kier alpha value is -0.810. The number of carbonyl (C=O) groups excluding carboxylic acids is 1. The summed E-state index contributed by atoms with van der Waals surface area (Å²) in [6.07, 6.45) is 15.2. The highest BCUT2D eigenvalue weighted by Gasteiger charge is 2.35. The lowest BCUT2D eigenvalue weighted by Gasteiger charge is -2.46. The smallest absolute Gasteiger partial charge is 0.317 e. The molecule has 2 amide bonds. The molecule has 27 heavy (non-hydrogen) atoms. The minimum absolute atomic E-state index is 0.147. The van der Waals surface area contributed by atoms with Gasteiger partial charge in [-0.2, -0.15) is 0 Å². The standard InChI is InChI=1S/C22H41N3O2/c1-3-17-27-21-11-9-18(10-12-21)24-15-13-20(14-16-24)25(22(26)23-2)19-7-5-4-6-8-19/h18-21H,3-17H2,1-2H3,(H,23,26). The predicted molar refractivity (Wildman–Crippen MR) is 110 cm³/mol. The van der Waals surface area contributed by atoms with Gasteiger partial charge in [0, 0.05) is 44.9 Å². The average Bonchev–Trinajstić information content (AvgIpc) is 2.74. The van der Waals surface area contributed by atoms with Crippen molar-refractivity contribution in [3.8, 4) is 0 Å². The highest BCUT2D eigenvalue weighted by atomic mass is 16.5. The number of hydrogen-bond acceptors (Lipinski definition) is 3. The van der Waals surface area contributed by atoms with Gasteiger partial charge in [0.05, 0.1) is 6.10 Å². The van der Waals surface area contributed by atoms with Crippen molar-refractivity contribution >= 4 is 6.03 Å². The number of likely N-dealkylation sites (tertiary alicyclic amines) is 1. The summed E-state index contributed by atoms with van der Waals surface area (Å²) in [4.78, 5) is 17.5. The zero-order valence-corrected chi connectivity index (χ0v) is 17.6. The SMILES string of the molecule is CCCOC1CCC(N2CCC(N(C(=O)NC)C3CCCCC3)CC2)CC1. The maximum Gasteiger partial charge on any atom is 0.317 e. The van der Waals surface area contributed by atoms with Crippen LogP contribution in [0.2, 0.25) is 0 Å². The number of ether oxygens (including phenoxy) is 1. The van der Waals surface area contributed by atoms with Gasteiger partial charge in [-0.25, -0.2) is 4.79 Å². The second kappa shape index (κ2) is 10.7. The van der Waals surface area contributed by atoms with E-state index in [1.807, 2.05) is 0 Å². The predicted octanol–water partition coefficient (Wildman–Crippen LogP) is 4.16. The average molecular weight is 380 g/mol. The molecule has 156 valence electrons. The molecule has 1 saturated heterocycles. The monoisotopic (exact) mass is 379 g/mol. The van der Waals surface area contributed by atoms with Gasteiger partial charge in [-0.15, -0.1) is 0 Å². The zero-order chi connectivity index (χ0) is 19.1. The number of nitrogens with zero attached hydrogens (tertiary/aromatic N) is 2. The first-order valence-corrected chi connectivity index (χ1v) is 11.6. The summed E-state index contributed by atoms with van der Waals surface area (Å²) in [5, 5.41) is 2.92. The van der Waals surface area contributed by atoms with Crippen molar-refractivity contribution in [2.45, 2.75) is 108 Å². The molecule has 1 heterocycles. The summed E-state index contributed by atoms with van der Waals surface area (Å²) < 4.78 is 5.95. The van der Waals surface area contributed by atoms with E-state index in [4.69, 9.17) is 4.74 Å². The van der Waals surface area contributed by atoms with E-state index in [-0.39, 0.29) is 6.03 Å². The molecule has 0 bridgehead atoms. The van der Waals surface area contributed by atoms with Crippen molar-refractivity contribution in [2.75, 3.05) is 26.7 Å². The zero-order valence-electron chi connectivity index (χ0n) is 17.6. The molecule has 1 aliphatic heterocycles. The molecule has 3 rings (SSSR count). The van der Waals surface area contributed by atoms with Gasteiger partial charge in [0.25, 0.3) is 0 Å². The van der Waals surface area contributed by atoms with Crippen LogP contribution in [0.15, 0.2) is 0 Å². The van der Waals surface area contributed by atoms with Gasteiger partial charge in [0.15, 0.2) is 0 Å². The van der Waals surface area contributed by atoms with Crippen LogP contribution in [0.25, 0.3) is 0 Å². The number of urea groups is 1. The maximum absolute atomic E-state index is 12.6. The Morgan fingerprint density at radius 2 is 1.59 bits per heavy atom. The van der Waals surface area contributed by atoms with E-state index in [1.54, 1.807) is 7.05 Å². The van der Waals surface area contributed by atoms with Crippen LogP contribution in [0.3, 0.4) is 0 Å². The van der Waals surface area contributed by atoms with Crippen molar-refractivity contribution in [1.29, 1.82) is 0 Å². The fourth-order valence-corrected chi connectivity index (χ4v) is 5.51. The van der Waals surface area contributed by atoms with E-state index in [2.05, 4.69) is 22.0 Å². The molecule has 0 unspecified atom stereocenters. The Morgan fingerprint density at radius 3 is 2.19 bits per heavy atom. The lowest BCUT2D eigenvalue weighted by Crippen LogP contribution is -2.56. The highest BCUT2D eigenvalue weighted by molar-refractivity contribution is 5.74. The molecular weight excluding hydrogens is 338 g/mol. The van der Waals surface area contributed by atoms with E-state index >= 15 is 0 Å². The van der Waals surface area contributed by atoms with Crippen LogP contribution < -0.4 is 5.32 Å². The van der Waals surface area contributed by atoms with E-state index in [9.17, 15) is 4.79 Å². The molecule has 1 N–H and O–H groups in total. The molecular formula is C22H41N3O2. The van der Waals surface area contributed by atoms with E-state index < -0.39 is 0 Å². The topological polar surface area (TPSA) is 44.8 Å². The molecule has 0 spiro atoms. The van der Waals surface area contributed by atoms with Gasteiger partial charge >= 0.3 is 6.03 Å². The molecule has 0 aromatic heterocycles. The van der Waals surface area contributed by atoms with Crippen LogP contribution in [-0.4, -0.2) is 66.8 Å². The molecule has 0 aromatic carbocycles. The van der Waals surface area contributed by atoms with Gasteiger partial charge in [0.1, 0.15) is 0 Å². The van der Waals surface area contributed by atoms with Gasteiger partial charge in [-0.3, -0.25) is 0 Å². The van der Waals surface area contributed by atoms with Gasteiger partial charge in [-0.1, -0.05) is 26.2 Å². The second-order valence-corrected chi connectivity index (χ2v) is 8.82. The van der Waals surface area contributed by atoms with Crippen LogP contribution >= 0.6 is 0 Å². The third kappa shape index (κ3) is 5.60. The third-order valence-corrected chi connectivity index (χ3v) is 7.03. The Morgan fingerprint density at radius 1 is 0.963 bits per heavy atom. The summed E-state index contributed by atoms with van der Waals surface area (Å²) in [7, 11) is 1.78. The number of piperidine rings is 1. The number of carbonyl (C=O) groups is 1. The van der Waals surface area contributed by atoms with Gasteiger partial charge < -0.3 is 19.9 Å². The van der Waals surface area contributed by atoms with E-state index in [0.29, 0.717) is 18.2 Å². The molecule has 0 radical (unpaired) electrons. The number of nitrogens with one attached hydrogen (secondary N) is 1. The quantitative estimate of drug-likeness (QED) is 0.753. The summed E-state index contributed by atoms with van der Waals surface area (Å²) in [6, 6.07) is 1.76. The lowest BCUT2D eigenvalue weighted by molar-refractivity contribution is -0.00162. The Kier molecular flexibility index (Phi) is 8.25. The first-order valence-electron chi connectivity index (χ1n) is 11.6. The summed E-state index contributed by atoms with van der Waals surface area (Å²) in [5.74, 6) is 0. The fraction of sp³-hybridized carbons (Fsp3) is 0.955. The number of amides is 2. The molecule has 2 aliphatic carbocycles. The summed E-state index contributed by atoms with van der Waals surface area (Å²) in [6.45, 7) is 5.40. The minimum Gasteiger partial charge on any atom is -0.378 e. The largest absolute Gasteiger partial charge is 0.378 e. The second-order valence-electron chi connectivity index (χ2n) is 8.82. The Bertz CT molecular complexity index is 437. The first kappa shape index (κ1) is 20.9. The molecule has 0 aromatic rings. The summed E-state index contributed by atoms with van der Waals surface area (Å²) in [5.41, 5.74) is 0. The van der Waals surface area contributed by atoms with Crippen LogP contribution in [0, 0.1) is 0 Å². The third-order valence-electron chi connectivity index (χ3n) is 7.03. The Labute approximate surface area is 166 Å². The fourth-order valence-electron chi connectivity index (χ4n) is 5.51. The van der Waals surface area contributed by atoms with Crippen LogP contribution in [-0.2, 0) is 4.74 Å². The molecule has 0 atom stereocenters.